The molecule has 0 aliphatic carbocycles. The monoisotopic (exact) mass is 389 g/mol. The fourth-order valence-electron chi connectivity index (χ4n) is 2.47. The molecule has 146 valence electrons. The highest BCUT2D eigenvalue weighted by molar-refractivity contribution is 5.58. The van der Waals surface area contributed by atoms with Crippen molar-refractivity contribution in [1.82, 2.24) is 9.97 Å². The Morgan fingerprint density at radius 2 is 1.68 bits per heavy atom. The van der Waals surface area contributed by atoms with Crippen molar-refractivity contribution in [1.29, 1.82) is 0 Å². The summed E-state index contributed by atoms with van der Waals surface area (Å²) in [7, 11) is 3.21. The first-order valence-electron chi connectivity index (χ1n) is 8.37. The lowest BCUT2D eigenvalue weighted by atomic mass is 10.2. The van der Waals surface area contributed by atoms with Crippen LogP contribution in [0, 0.1) is 0 Å². The summed E-state index contributed by atoms with van der Waals surface area (Å²) in [4.78, 5) is 9.44. The average molecular weight is 389 g/mol. The largest absolute Gasteiger partial charge is 0.497 e. The SMILES string of the molecule is COc1ccc(N(C)c2ncc(C(F)(F)F)c(OCc3ccccc3)n2)cc1. The summed E-state index contributed by atoms with van der Waals surface area (Å²) in [6, 6.07) is 15.9. The summed E-state index contributed by atoms with van der Waals surface area (Å²) in [5.41, 5.74) is 0.407. The third-order valence-corrected chi connectivity index (χ3v) is 4.02. The van der Waals surface area contributed by atoms with E-state index in [1.807, 2.05) is 6.07 Å². The van der Waals surface area contributed by atoms with E-state index < -0.39 is 17.6 Å². The molecule has 3 rings (SSSR count). The van der Waals surface area contributed by atoms with Gasteiger partial charge in [-0.1, -0.05) is 30.3 Å². The minimum atomic E-state index is -4.62. The van der Waals surface area contributed by atoms with Crippen molar-refractivity contribution < 1.29 is 22.6 Å². The molecule has 3 aromatic rings. The zero-order valence-corrected chi connectivity index (χ0v) is 15.3. The number of halogens is 3. The van der Waals surface area contributed by atoms with Gasteiger partial charge in [-0.25, -0.2) is 4.98 Å². The van der Waals surface area contributed by atoms with Crippen molar-refractivity contribution in [2.24, 2.45) is 0 Å². The molecule has 28 heavy (non-hydrogen) atoms. The van der Waals surface area contributed by atoms with Crippen LogP contribution in [-0.2, 0) is 12.8 Å². The van der Waals surface area contributed by atoms with Crippen LogP contribution >= 0.6 is 0 Å². The lowest BCUT2D eigenvalue weighted by Gasteiger charge is -2.20. The van der Waals surface area contributed by atoms with Crippen molar-refractivity contribution in [2.75, 3.05) is 19.1 Å². The van der Waals surface area contributed by atoms with Crippen LogP contribution in [0.15, 0.2) is 60.8 Å². The fourth-order valence-corrected chi connectivity index (χ4v) is 2.47. The van der Waals surface area contributed by atoms with Crippen LogP contribution in [0.4, 0.5) is 24.8 Å². The lowest BCUT2D eigenvalue weighted by molar-refractivity contribution is -0.139. The predicted molar refractivity (Wildman–Crippen MR) is 98.9 cm³/mol. The van der Waals surface area contributed by atoms with Gasteiger partial charge in [-0.15, -0.1) is 0 Å². The molecule has 0 radical (unpaired) electrons. The minimum Gasteiger partial charge on any atom is -0.497 e. The Kier molecular flexibility index (Phi) is 5.67. The molecule has 0 amide bonds. The molecule has 5 nitrogen and oxygen atoms in total. The predicted octanol–water partition coefficient (Wildman–Crippen LogP) is 4.85. The molecule has 1 aromatic heterocycles. The molecule has 0 bridgehead atoms. The molecule has 0 unspecified atom stereocenters. The highest BCUT2D eigenvalue weighted by atomic mass is 19.4. The first kappa shape index (κ1) is 19.5. The van der Waals surface area contributed by atoms with Gasteiger partial charge in [0.15, 0.2) is 0 Å². The van der Waals surface area contributed by atoms with Crippen molar-refractivity contribution >= 4 is 11.6 Å². The van der Waals surface area contributed by atoms with E-state index in [4.69, 9.17) is 9.47 Å². The van der Waals surface area contributed by atoms with Crippen LogP contribution in [0.25, 0.3) is 0 Å². The molecule has 0 saturated heterocycles. The number of hydrogen-bond donors (Lipinski definition) is 0. The number of methoxy groups -OCH3 is 1. The van der Waals surface area contributed by atoms with Gasteiger partial charge in [0.1, 0.15) is 17.9 Å². The minimum absolute atomic E-state index is 0.0351. The summed E-state index contributed by atoms with van der Waals surface area (Å²) in [6.07, 6.45) is -3.88. The fraction of sp³-hybridized carbons (Fsp3) is 0.200. The van der Waals surface area contributed by atoms with E-state index >= 15 is 0 Å². The third-order valence-electron chi connectivity index (χ3n) is 4.02. The summed E-state index contributed by atoms with van der Waals surface area (Å²) < 4.78 is 50.5. The second-order valence-electron chi connectivity index (χ2n) is 5.92. The molecule has 0 aliphatic rings. The van der Waals surface area contributed by atoms with Gasteiger partial charge in [-0.05, 0) is 29.8 Å². The molecule has 0 N–H and O–H groups in total. The van der Waals surface area contributed by atoms with Crippen LogP contribution in [0.3, 0.4) is 0 Å². The maximum Gasteiger partial charge on any atom is 0.423 e. The van der Waals surface area contributed by atoms with Gasteiger partial charge in [0.05, 0.1) is 7.11 Å². The Labute approximate surface area is 160 Å². The molecule has 1 heterocycles. The first-order valence-corrected chi connectivity index (χ1v) is 8.37. The second kappa shape index (κ2) is 8.16. The summed E-state index contributed by atoms with van der Waals surface area (Å²) in [6.45, 7) is -0.0351. The van der Waals surface area contributed by atoms with Crippen LogP contribution in [-0.4, -0.2) is 24.1 Å². The van der Waals surface area contributed by atoms with E-state index in [1.54, 1.807) is 67.6 Å². The molecule has 0 atom stereocenters. The van der Waals surface area contributed by atoms with Crippen molar-refractivity contribution in [3.63, 3.8) is 0 Å². The molecule has 2 aromatic carbocycles. The zero-order chi connectivity index (χ0) is 20.1. The average Bonchev–Trinajstić information content (AvgIpc) is 2.71. The third kappa shape index (κ3) is 4.51. The van der Waals surface area contributed by atoms with E-state index in [9.17, 15) is 13.2 Å². The van der Waals surface area contributed by atoms with Crippen LogP contribution < -0.4 is 14.4 Å². The van der Waals surface area contributed by atoms with Crippen molar-refractivity contribution in [3.8, 4) is 11.6 Å². The smallest absolute Gasteiger partial charge is 0.423 e. The second-order valence-corrected chi connectivity index (χ2v) is 5.92. The van der Waals surface area contributed by atoms with Crippen molar-refractivity contribution in [3.05, 3.63) is 71.9 Å². The maximum absolute atomic E-state index is 13.3. The van der Waals surface area contributed by atoms with Crippen molar-refractivity contribution in [2.45, 2.75) is 12.8 Å². The molecule has 0 fully saturated rings. The molecule has 0 saturated carbocycles. The van der Waals surface area contributed by atoms with E-state index in [-0.39, 0.29) is 12.6 Å². The highest BCUT2D eigenvalue weighted by Gasteiger charge is 2.36. The summed E-state index contributed by atoms with van der Waals surface area (Å²) in [5.74, 6) is 0.236. The van der Waals surface area contributed by atoms with Gasteiger partial charge >= 0.3 is 6.18 Å². The molecular weight excluding hydrogens is 371 g/mol. The Hall–Kier alpha value is -3.29. The number of alkyl halides is 3. The van der Waals surface area contributed by atoms with Gasteiger partial charge in [-0.2, -0.15) is 18.2 Å². The van der Waals surface area contributed by atoms with Gasteiger partial charge in [-0.3, -0.25) is 0 Å². The number of ether oxygens (including phenoxy) is 2. The number of benzene rings is 2. The van der Waals surface area contributed by atoms with E-state index in [1.165, 1.54) is 0 Å². The highest BCUT2D eigenvalue weighted by Crippen LogP contribution is 2.36. The molecule has 0 spiro atoms. The van der Waals surface area contributed by atoms with Crippen LogP contribution in [0.5, 0.6) is 11.6 Å². The van der Waals surface area contributed by atoms with E-state index in [0.29, 0.717) is 11.4 Å². The molecule has 0 aliphatic heterocycles. The van der Waals surface area contributed by atoms with Crippen LogP contribution in [0.1, 0.15) is 11.1 Å². The van der Waals surface area contributed by atoms with Crippen LogP contribution in [0.2, 0.25) is 0 Å². The first-order chi connectivity index (χ1) is 13.4. The number of anilines is 2. The normalized spacial score (nSPS) is 11.2. The van der Waals surface area contributed by atoms with Gasteiger partial charge in [0.25, 0.3) is 0 Å². The summed E-state index contributed by atoms with van der Waals surface area (Å²) in [5, 5.41) is 0. The summed E-state index contributed by atoms with van der Waals surface area (Å²) >= 11 is 0. The number of aromatic nitrogens is 2. The zero-order valence-electron chi connectivity index (χ0n) is 15.3. The Morgan fingerprint density at radius 1 is 1.00 bits per heavy atom. The Morgan fingerprint density at radius 3 is 2.29 bits per heavy atom. The maximum atomic E-state index is 13.3. The van der Waals surface area contributed by atoms with Gasteiger partial charge < -0.3 is 14.4 Å². The number of hydrogen-bond acceptors (Lipinski definition) is 5. The standard InChI is InChI=1S/C20H18F3N3O2/c1-26(15-8-10-16(27-2)11-9-15)19-24-12-17(20(21,22)23)18(25-19)28-13-14-6-4-3-5-7-14/h3-12H,13H2,1-2H3. The van der Waals surface area contributed by atoms with Gasteiger partial charge in [0.2, 0.25) is 11.8 Å². The number of nitrogens with zero attached hydrogens (tertiary/aromatic N) is 3. The number of rotatable bonds is 6. The van der Waals surface area contributed by atoms with E-state index in [2.05, 4.69) is 9.97 Å². The Bertz CT molecular complexity index is 916. The molecular formula is C20H18F3N3O2. The topological polar surface area (TPSA) is 47.5 Å². The Balaban J connectivity index is 1.89. The van der Waals surface area contributed by atoms with Gasteiger partial charge in [0, 0.05) is 18.9 Å². The quantitative estimate of drug-likeness (QED) is 0.603. The van der Waals surface area contributed by atoms with E-state index in [0.717, 1.165) is 11.8 Å². The molecule has 8 heteroatoms. The lowest BCUT2D eigenvalue weighted by Crippen LogP contribution is -2.17.